The maximum atomic E-state index is 12.0. The van der Waals surface area contributed by atoms with Gasteiger partial charge in [-0.05, 0) is 18.9 Å². The maximum Gasteiger partial charge on any atom is 0.435 e. The smallest absolute Gasteiger partial charge is 0.282 e. The van der Waals surface area contributed by atoms with Gasteiger partial charge in [-0.1, -0.05) is 13.3 Å². The summed E-state index contributed by atoms with van der Waals surface area (Å²) in [6.45, 7) is 1.99. The van der Waals surface area contributed by atoms with Gasteiger partial charge in [-0.25, -0.2) is 0 Å². The molecule has 1 aromatic heterocycles. The number of alkyl halides is 3. The lowest BCUT2D eigenvalue weighted by Crippen LogP contribution is -2.04. The highest BCUT2D eigenvalue weighted by molar-refractivity contribution is 5.11. The zero-order valence-corrected chi connectivity index (χ0v) is 7.28. The van der Waals surface area contributed by atoms with Crippen LogP contribution in [0.2, 0.25) is 0 Å². The lowest BCUT2D eigenvalue weighted by atomic mass is 10.2. The number of hydrogen-bond acceptors (Lipinski definition) is 1. The average Bonchev–Trinajstić information content (AvgIpc) is 2.47. The standard InChI is InChI=1S/C8H11F3N2/c1-2-3-4-6-5-7(13-12-6)8(9,10)11/h5H,2-4H2,1H3,(H,12,13). The molecule has 13 heavy (non-hydrogen) atoms. The van der Waals surface area contributed by atoms with Crippen molar-refractivity contribution in [3.8, 4) is 0 Å². The monoisotopic (exact) mass is 192 g/mol. The summed E-state index contributed by atoms with van der Waals surface area (Å²) in [6, 6.07) is 1.07. The highest BCUT2D eigenvalue weighted by Crippen LogP contribution is 2.27. The Balaban J connectivity index is 2.64. The Labute approximate surface area is 74.1 Å². The number of rotatable bonds is 3. The summed E-state index contributed by atoms with van der Waals surface area (Å²) < 4.78 is 36.1. The van der Waals surface area contributed by atoms with E-state index in [1.54, 1.807) is 0 Å². The summed E-state index contributed by atoms with van der Waals surface area (Å²) in [7, 11) is 0. The fourth-order valence-electron chi connectivity index (χ4n) is 1.00. The summed E-state index contributed by atoms with van der Waals surface area (Å²) in [5.41, 5.74) is -0.284. The molecule has 1 aromatic rings. The normalized spacial score (nSPS) is 12.0. The minimum Gasteiger partial charge on any atom is -0.282 e. The van der Waals surface area contributed by atoms with E-state index in [1.165, 1.54) is 0 Å². The lowest BCUT2D eigenvalue weighted by molar-refractivity contribution is -0.141. The van der Waals surface area contributed by atoms with Crippen LogP contribution in [0.5, 0.6) is 0 Å². The van der Waals surface area contributed by atoms with E-state index >= 15 is 0 Å². The Bertz CT molecular complexity index is 265. The van der Waals surface area contributed by atoms with E-state index in [4.69, 9.17) is 0 Å². The van der Waals surface area contributed by atoms with Gasteiger partial charge in [0, 0.05) is 5.69 Å². The lowest BCUT2D eigenvalue weighted by Gasteiger charge is -1.98. The van der Waals surface area contributed by atoms with E-state index in [0.717, 1.165) is 18.9 Å². The van der Waals surface area contributed by atoms with Crippen molar-refractivity contribution in [3.05, 3.63) is 17.5 Å². The van der Waals surface area contributed by atoms with Crippen molar-refractivity contribution in [1.29, 1.82) is 0 Å². The number of aromatic nitrogens is 2. The van der Waals surface area contributed by atoms with Gasteiger partial charge in [0.05, 0.1) is 0 Å². The molecule has 0 bridgehead atoms. The first kappa shape index (κ1) is 10.1. The third-order valence-electron chi connectivity index (χ3n) is 1.72. The molecular weight excluding hydrogens is 181 g/mol. The van der Waals surface area contributed by atoms with Crippen molar-refractivity contribution >= 4 is 0 Å². The molecule has 0 aliphatic carbocycles. The fourth-order valence-corrected chi connectivity index (χ4v) is 1.00. The number of nitrogens with zero attached hydrogens (tertiary/aromatic N) is 1. The van der Waals surface area contributed by atoms with E-state index in [2.05, 4.69) is 10.2 Å². The highest BCUT2D eigenvalue weighted by Gasteiger charge is 2.33. The Kier molecular flexibility index (Phi) is 2.95. The van der Waals surface area contributed by atoms with Crippen LogP contribution in [0.15, 0.2) is 6.07 Å². The van der Waals surface area contributed by atoms with Crippen molar-refractivity contribution in [2.75, 3.05) is 0 Å². The Morgan fingerprint density at radius 1 is 1.46 bits per heavy atom. The number of aryl methyl sites for hydroxylation is 1. The van der Waals surface area contributed by atoms with Gasteiger partial charge < -0.3 is 0 Å². The number of hydrogen-bond donors (Lipinski definition) is 1. The van der Waals surface area contributed by atoms with E-state index in [-0.39, 0.29) is 0 Å². The molecule has 0 saturated carbocycles. The van der Waals surface area contributed by atoms with Crippen LogP contribution in [0.25, 0.3) is 0 Å². The molecule has 0 spiro atoms. The zero-order valence-electron chi connectivity index (χ0n) is 7.28. The van der Waals surface area contributed by atoms with Gasteiger partial charge in [-0.15, -0.1) is 0 Å². The second-order valence-electron chi connectivity index (χ2n) is 2.88. The Hall–Kier alpha value is -1.00. The Morgan fingerprint density at radius 3 is 2.62 bits per heavy atom. The largest absolute Gasteiger partial charge is 0.435 e. The Morgan fingerprint density at radius 2 is 2.15 bits per heavy atom. The van der Waals surface area contributed by atoms with Crippen LogP contribution in [0.4, 0.5) is 13.2 Å². The van der Waals surface area contributed by atoms with Gasteiger partial charge in [0.25, 0.3) is 0 Å². The van der Waals surface area contributed by atoms with Gasteiger partial charge in [0.1, 0.15) is 0 Å². The van der Waals surface area contributed by atoms with Crippen molar-refractivity contribution in [2.45, 2.75) is 32.4 Å². The summed E-state index contributed by atoms with van der Waals surface area (Å²) in [6.07, 6.45) is -1.87. The van der Waals surface area contributed by atoms with Crippen molar-refractivity contribution in [3.63, 3.8) is 0 Å². The van der Waals surface area contributed by atoms with E-state index < -0.39 is 11.9 Å². The first-order valence-corrected chi connectivity index (χ1v) is 4.15. The van der Waals surface area contributed by atoms with Crippen LogP contribution in [-0.4, -0.2) is 10.2 Å². The third kappa shape index (κ3) is 2.75. The van der Waals surface area contributed by atoms with Gasteiger partial charge in [-0.3, -0.25) is 5.10 Å². The molecule has 0 aliphatic heterocycles. The van der Waals surface area contributed by atoms with Crippen LogP contribution in [0.1, 0.15) is 31.2 Å². The predicted molar refractivity (Wildman–Crippen MR) is 42.2 cm³/mol. The van der Waals surface area contributed by atoms with Crippen LogP contribution in [-0.2, 0) is 12.6 Å². The van der Waals surface area contributed by atoms with Crippen LogP contribution >= 0.6 is 0 Å². The molecule has 1 heterocycles. The van der Waals surface area contributed by atoms with Crippen LogP contribution in [0, 0.1) is 0 Å². The summed E-state index contributed by atoms with van der Waals surface area (Å²) in [5, 5.41) is 5.57. The number of nitrogens with one attached hydrogen (secondary N) is 1. The predicted octanol–water partition coefficient (Wildman–Crippen LogP) is 2.77. The molecule has 0 atom stereocenters. The molecule has 0 amide bonds. The molecule has 1 rings (SSSR count). The topological polar surface area (TPSA) is 28.7 Å². The molecule has 0 fully saturated rings. The van der Waals surface area contributed by atoms with E-state index in [0.29, 0.717) is 12.1 Å². The quantitative estimate of drug-likeness (QED) is 0.783. The molecule has 1 N–H and O–H groups in total. The summed E-state index contributed by atoms with van der Waals surface area (Å²) in [4.78, 5) is 0. The first-order valence-electron chi connectivity index (χ1n) is 4.15. The first-order chi connectivity index (χ1) is 6.04. The van der Waals surface area contributed by atoms with Gasteiger partial charge >= 0.3 is 6.18 Å². The molecule has 74 valence electrons. The van der Waals surface area contributed by atoms with Crippen LogP contribution in [0.3, 0.4) is 0 Å². The second kappa shape index (κ2) is 3.81. The number of H-pyrrole nitrogens is 1. The van der Waals surface area contributed by atoms with Gasteiger partial charge in [-0.2, -0.15) is 18.3 Å². The van der Waals surface area contributed by atoms with Crippen molar-refractivity contribution in [2.24, 2.45) is 0 Å². The maximum absolute atomic E-state index is 12.0. The van der Waals surface area contributed by atoms with E-state index in [9.17, 15) is 13.2 Å². The molecule has 0 unspecified atom stereocenters. The molecule has 5 heteroatoms. The molecule has 0 saturated heterocycles. The molecule has 0 aliphatic rings. The number of unbranched alkanes of at least 4 members (excludes halogenated alkanes) is 1. The number of halogens is 3. The van der Waals surface area contributed by atoms with Crippen molar-refractivity contribution < 1.29 is 13.2 Å². The minimum absolute atomic E-state index is 0.550. The van der Waals surface area contributed by atoms with E-state index in [1.807, 2.05) is 6.92 Å². The molecular formula is C8H11F3N2. The summed E-state index contributed by atoms with van der Waals surface area (Å²) >= 11 is 0. The third-order valence-corrected chi connectivity index (χ3v) is 1.72. The van der Waals surface area contributed by atoms with Gasteiger partial charge in [0.15, 0.2) is 5.69 Å². The molecule has 0 aromatic carbocycles. The minimum atomic E-state index is -4.33. The number of aromatic amines is 1. The van der Waals surface area contributed by atoms with Crippen molar-refractivity contribution in [1.82, 2.24) is 10.2 Å². The van der Waals surface area contributed by atoms with Crippen LogP contribution < -0.4 is 0 Å². The molecule has 2 nitrogen and oxygen atoms in total. The average molecular weight is 192 g/mol. The van der Waals surface area contributed by atoms with Gasteiger partial charge in [0.2, 0.25) is 0 Å². The fraction of sp³-hybridized carbons (Fsp3) is 0.625. The molecule has 0 radical (unpaired) electrons. The zero-order chi connectivity index (χ0) is 9.90. The SMILES string of the molecule is CCCCc1cc(C(F)(F)F)n[nH]1. The summed E-state index contributed by atoms with van der Waals surface area (Å²) in [5.74, 6) is 0. The second-order valence-corrected chi connectivity index (χ2v) is 2.88. The highest BCUT2D eigenvalue weighted by atomic mass is 19.4.